The topological polar surface area (TPSA) is 55.1 Å². The third kappa shape index (κ3) is 2.60. The summed E-state index contributed by atoms with van der Waals surface area (Å²) in [6.45, 7) is 1.98. The van der Waals surface area contributed by atoms with Crippen LogP contribution in [0.4, 0.5) is 5.69 Å². The third-order valence-electron chi connectivity index (χ3n) is 6.03. The lowest BCUT2D eigenvalue weighted by Gasteiger charge is -2.54. The van der Waals surface area contributed by atoms with Crippen LogP contribution < -0.4 is 11.1 Å². The molecule has 1 aromatic carbocycles. The summed E-state index contributed by atoms with van der Waals surface area (Å²) in [4.78, 5) is 12.6. The summed E-state index contributed by atoms with van der Waals surface area (Å²) in [5.41, 5.74) is 8.24. The normalized spacial score (nSPS) is 35.0. The molecule has 0 saturated heterocycles. The first-order chi connectivity index (χ1) is 10.1. The van der Waals surface area contributed by atoms with E-state index in [2.05, 4.69) is 5.32 Å². The summed E-state index contributed by atoms with van der Waals surface area (Å²) < 4.78 is 0. The first-order valence-corrected chi connectivity index (χ1v) is 8.27. The highest BCUT2D eigenvalue weighted by molar-refractivity contribution is 5.96. The van der Waals surface area contributed by atoms with Crippen LogP contribution in [0, 0.1) is 30.6 Å². The average molecular weight is 321 g/mol. The van der Waals surface area contributed by atoms with Gasteiger partial charge >= 0.3 is 0 Å². The number of hydrogen-bond donors (Lipinski definition) is 2. The molecule has 3 N–H and O–H groups in total. The lowest BCUT2D eigenvalue weighted by atomic mass is 9.54. The lowest BCUT2D eigenvalue weighted by molar-refractivity contribution is -0.0119. The molecular formula is C18H25ClN2O. The molecule has 1 amide bonds. The molecule has 120 valence electrons. The minimum Gasteiger partial charge on any atom is -0.399 e. The quantitative estimate of drug-likeness (QED) is 0.819. The van der Waals surface area contributed by atoms with Crippen molar-refractivity contribution < 1.29 is 4.79 Å². The zero-order valence-corrected chi connectivity index (χ0v) is 13.9. The van der Waals surface area contributed by atoms with E-state index in [1.807, 2.05) is 19.1 Å². The number of nitrogens with two attached hydrogens (primary N) is 1. The second-order valence-electron chi connectivity index (χ2n) is 7.50. The van der Waals surface area contributed by atoms with Crippen molar-refractivity contribution in [3.8, 4) is 0 Å². The van der Waals surface area contributed by atoms with Crippen molar-refractivity contribution in [2.45, 2.75) is 45.1 Å². The van der Waals surface area contributed by atoms with Gasteiger partial charge in [0.1, 0.15) is 0 Å². The molecule has 0 spiro atoms. The number of rotatable bonds is 2. The monoisotopic (exact) mass is 320 g/mol. The highest BCUT2D eigenvalue weighted by Gasteiger charge is 2.48. The van der Waals surface area contributed by atoms with Gasteiger partial charge in [0, 0.05) is 17.3 Å². The van der Waals surface area contributed by atoms with Crippen molar-refractivity contribution in [1.29, 1.82) is 0 Å². The SMILES string of the molecule is Cc1ccc(N)cc1C(=O)NC1C2CC3CC(C2)CC1C3.Cl. The molecule has 3 nitrogen and oxygen atoms in total. The molecule has 4 saturated carbocycles. The second-order valence-corrected chi connectivity index (χ2v) is 7.50. The fraction of sp³-hybridized carbons (Fsp3) is 0.611. The van der Waals surface area contributed by atoms with Crippen molar-refractivity contribution >= 4 is 24.0 Å². The van der Waals surface area contributed by atoms with E-state index in [0.29, 0.717) is 23.6 Å². The van der Waals surface area contributed by atoms with Crippen LogP contribution in [0.1, 0.15) is 48.0 Å². The maximum atomic E-state index is 12.6. The Labute approximate surface area is 138 Å². The number of halogens is 1. The summed E-state index contributed by atoms with van der Waals surface area (Å²) >= 11 is 0. The number of amides is 1. The molecule has 4 bridgehead atoms. The first kappa shape index (κ1) is 15.7. The summed E-state index contributed by atoms with van der Waals surface area (Å²) in [5, 5.41) is 3.35. The summed E-state index contributed by atoms with van der Waals surface area (Å²) in [5.74, 6) is 3.37. The summed E-state index contributed by atoms with van der Waals surface area (Å²) in [6, 6.07) is 5.99. The van der Waals surface area contributed by atoms with Gasteiger partial charge in [-0.25, -0.2) is 0 Å². The largest absolute Gasteiger partial charge is 0.399 e. The molecule has 0 atom stereocenters. The van der Waals surface area contributed by atoms with Gasteiger partial charge in [0.25, 0.3) is 5.91 Å². The molecule has 0 aliphatic heterocycles. The molecule has 22 heavy (non-hydrogen) atoms. The molecular weight excluding hydrogens is 296 g/mol. The molecule has 0 unspecified atom stereocenters. The molecule has 4 fully saturated rings. The molecule has 1 aromatic rings. The zero-order chi connectivity index (χ0) is 14.6. The van der Waals surface area contributed by atoms with Crippen molar-refractivity contribution in [3.05, 3.63) is 29.3 Å². The maximum absolute atomic E-state index is 12.6. The van der Waals surface area contributed by atoms with Crippen LogP contribution in [0.5, 0.6) is 0 Å². The van der Waals surface area contributed by atoms with Crippen LogP contribution in [-0.2, 0) is 0 Å². The number of carbonyl (C=O) groups is 1. The zero-order valence-electron chi connectivity index (χ0n) is 13.0. The molecule has 4 aliphatic carbocycles. The second kappa shape index (κ2) is 5.77. The Bertz CT molecular complexity index is 558. The molecule has 5 rings (SSSR count). The van der Waals surface area contributed by atoms with Crippen molar-refractivity contribution in [2.75, 3.05) is 5.73 Å². The maximum Gasteiger partial charge on any atom is 0.251 e. The highest BCUT2D eigenvalue weighted by Crippen LogP contribution is 2.53. The smallest absolute Gasteiger partial charge is 0.251 e. The Morgan fingerprint density at radius 2 is 1.68 bits per heavy atom. The molecule has 0 radical (unpaired) electrons. The number of nitrogens with one attached hydrogen (secondary N) is 1. The van der Waals surface area contributed by atoms with Gasteiger partial charge in [0.15, 0.2) is 0 Å². The van der Waals surface area contributed by atoms with Crippen LogP contribution in [0.25, 0.3) is 0 Å². The van der Waals surface area contributed by atoms with E-state index in [-0.39, 0.29) is 18.3 Å². The van der Waals surface area contributed by atoms with E-state index in [1.54, 1.807) is 6.07 Å². The van der Waals surface area contributed by atoms with Gasteiger partial charge in [-0.15, -0.1) is 12.4 Å². The highest BCUT2D eigenvalue weighted by atomic mass is 35.5. The summed E-state index contributed by atoms with van der Waals surface area (Å²) in [7, 11) is 0. The van der Waals surface area contributed by atoms with Crippen molar-refractivity contribution in [3.63, 3.8) is 0 Å². The Hall–Kier alpha value is -1.22. The van der Waals surface area contributed by atoms with Gasteiger partial charge in [0.05, 0.1) is 0 Å². The number of aryl methyl sites for hydroxylation is 1. The van der Waals surface area contributed by atoms with Gasteiger partial charge in [-0.05, 0) is 80.4 Å². The standard InChI is InChI=1S/C18H24N2O.ClH/c1-10-2-3-15(19)9-16(10)18(21)20-17-13-5-11-4-12(7-13)8-14(17)6-11;/h2-3,9,11-14,17H,4-8,19H2,1H3,(H,20,21);1H. The van der Waals surface area contributed by atoms with E-state index >= 15 is 0 Å². The van der Waals surface area contributed by atoms with Gasteiger partial charge in [-0.1, -0.05) is 6.07 Å². The number of carbonyl (C=O) groups excluding carboxylic acids is 1. The predicted molar refractivity (Wildman–Crippen MR) is 91.1 cm³/mol. The van der Waals surface area contributed by atoms with Gasteiger partial charge in [-0.2, -0.15) is 0 Å². The van der Waals surface area contributed by atoms with Crippen molar-refractivity contribution in [1.82, 2.24) is 5.32 Å². The first-order valence-electron chi connectivity index (χ1n) is 8.27. The number of nitrogen functional groups attached to an aromatic ring is 1. The fourth-order valence-electron chi connectivity index (χ4n) is 5.27. The number of hydrogen-bond acceptors (Lipinski definition) is 2. The summed E-state index contributed by atoms with van der Waals surface area (Å²) in [6.07, 6.45) is 6.76. The Morgan fingerprint density at radius 1 is 1.09 bits per heavy atom. The molecule has 0 aromatic heterocycles. The Morgan fingerprint density at radius 3 is 2.27 bits per heavy atom. The minimum atomic E-state index is 0. The van der Waals surface area contributed by atoms with Crippen LogP contribution >= 0.6 is 12.4 Å². The van der Waals surface area contributed by atoms with E-state index in [4.69, 9.17) is 5.73 Å². The minimum absolute atomic E-state index is 0. The van der Waals surface area contributed by atoms with Gasteiger partial charge in [0.2, 0.25) is 0 Å². The van der Waals surface area contributed by atoms with E-state index in [0.717, 1.165) is 23.0 Å². The van der Waals surface area contributed by atoms with Crippen LogP contribution in [0.15, 0.2) is 18.2 Å². The van der Waals surface area contributed by atoms with Gasteiger partial charge in [-0.3, -0.25) is 4.79 Å². The Kier molecular flexibility index (Phi) is 4.11. The van der Waals surface area contributed by atoms with Crippen LogP contribution in [0.3, 0.4) is 0 Å². The lowest BCUT2D eigenvalue weighted by Crippen LogP contribution is -2.55. The van der Waals surface area contributed by atoms with E-state index < -0.39 is 0 Å². The van der Waals surface area contributed by atoms with Gasteiger partial charge < -0.3 is 11.1 Å². The molecule has 0 heterocycles. The van der Waals surface area contributed by atoms with Crippen LogP contribution in [0.2, 0.25) is 0 Å². The molecule has 4 heteroatoms. The average Bonchev–Trinajstić information content (AvgIpc) is 2.44. The van der Waals surface area contributed by atoms with E-state index in [9.17, 15) is 4.79 Å². The van der Waals surface area contributed by atoms with E-state index in [1.165, 1.54) is 32.1 Å². The predicted octanol–water partition coefficient (Wildman–Crippen LogP) is 3.55. The fourth-order valence-corrected chi connectivity index (χ4v) is 5.27. The third-order valence-corrected chi connectivity index (χ3v) is 6.03. The number of benzene rings is 1. The molecule has 4 aliphatic rings. The van der Waals surface area contributed by atoms with Crippen molar-refractivity contribution in [2.24, 2.45) is 23.7 Å². The Balaban J connectivity index is 0.00000144. The number of anilines is 1. The van der Waals surface area contributed by atoms with Crippen LogP contribution in [-0.4, -0.2) is 11.9 Å².